The summed E-state index contributed by atoms with van der Waals surface area (Å²) in [6, 6.07) is 6.68. The van der Waals surface area contributed by atoms with E-state index in [4.69, 9.17) is 0 Å². The maximum Gasteiger partial charge on any atom is 0.126 e. The van der Waals surface area contributed by atoms with Crippen molar-refractivity contribution in [3.8, 4) is 0 Å². The van der Waals surface area contributed by atoms with Gasteiger partial charge in [-0.15, -0.1) is 0 Å². The van der Waals surface area contributed by atoms with Crippen molar-refractivity contribution < 1.29 is 19.7 Å². The third-order valence-electron chi connectivity index (χ3n) is 3.56. The van der Waals surface area contributed by atoms with E-state index < -0.39 is 18.3 Å². The van der Waals surface area contributed by atoms with Gasteiger partial charge in [-0.1, -0.05) is 18.2 Å². The van der Waals surface area contributed by atoms with E-state index in [9.17, 15) is 19.7 Å². The second-order valence-corrected chi connectivity index (χ2v) is 5.08. The molecule has 1 aliphatic rings. The minimum absolute atomic E-state index is 0.198. The summed E-state index contributed by atoms with van der Waals surface area (Å²) >= 11 is 0. The predicted molar refractivity (Wildman–Crippen MR) is 69.2 cm³/mol. The zero-order chi connectivity index (χ0) is 13.8. The first-order chi connectivity index (χ1) is 9.08. The van der Waals surface area contributed by atoms with E-state index in [-0.39, 0.29) is 5.82 Å². The highest BCUT2D eigenvalue weighted by atomic mass is 19.1. The number of β-amino-alcohol motifs (C(OH)–C–C–N with tert-alkyl or cyclic N) is 2. The predicted octanol–water partition coefficient (Wildman–Crippen LogP) is 0.157. The summed E-state index contributed by atoms with van der Waals surface area (Å²) in [4.78, 5) is 1.89. The molecule has 0 saturated carbocycles. The van der Waals surface area contributed by atoms with Gasteiger partial charge in [-0.25, -0.2) is 4.39 Å². The first kappa shape index (κ1) is 14.4. The van der Waals surface area contributed by atoms with Crippen LogP contribution in [0.5, 0.6) is 0 Å². The number of hydrogen-bond acceptors (Lipinski definition) is 4. The smallest absolute Gasteiger partial charge is 0.126 e. The molecule has 0 amide bonds. The van der Waals surface area contributed by atoms with Crippen LogP contribution >= 0.6 is 0 Å². The third-order valence-corrected chi connectivity index (χ3v) is 3.56. The van der Waals surface area contributed by atoms with Crippen LogP contribution in [-0.2, 0) is 6.42 Å². The van der Waals surface area contributed by atoms with Gasteiger partial charge in [0.1, 0.15) is 11.9 Å². The molecule has 0 spiro atoms. The van der Waals surface area contributed by atoms with Gasteiger partial charge in [0.05, 0.1) is 12.2 Å². The largest absolute Gasteiger partial charge is 0.389 e. The molecule has 0 radical (unpaired) electrons. The lowest BCUT2D eigenvalue weighted by molar-refractivity contribution is -0.109. The molecule has 1 fully saturated rings. The summed E-state index contributed by atoms with van der Waals surface area (Å²) in [6.07, 6.45) is -1.54. The Morgan fingerprint density at radius 1 is 1.11 bits per heavy atom. The van der Waals surface area contributed by atoms with E-state index in [1.165, 1.54) is 6.07 Å². The molecule has 1 aromatic carbocycles. The number of aliphatic hydroxyl groups excluding tert-OH is 3. The standard InChI is InChI=1S/C14H20FNO3/c15-11-6-2-1-4-10(11)5-3-7-16-8-12(17)14(19)13(18)9-16/h1-2,4,6,12-14,17-19H,3,5,7-9H2/t12-,13+,14?. The van der Waals surface area contributed by atoms with Crippen molar-refractivity contribution in [3.63, 3.8) is 0 Å². The van der Waals surface area contributed by atoms with Crippen molar-refractivity contribution in [1.29, 1.82) is 0 Å². The van der Waals surface area contributed by atoms with Crippen molar-refractivity contribution in [2.75, 3.05) is 19.6 Å². The summed E-state index contributed by atoms with van der Waals surface area (Å²) in [5, 5.41) is 28.6. The van der Waals surface area contributed by atoms with Gasteiger partial charge >= 0.3 is 0 Å². The van der Waals surface area contributed by atoms with Crippen LogP contribution in [0.15, 0.2) is 24.3 Å². The number of nitrogens with zero attached hydrogens (tertiary/aromatic N) is 1. The van der Waals surface area contributed by atoms with Gasteiger partial charge < -0.3 is 15.3 Å². The Labute approximate surface area is 112 Å². The third kappa shape index (κ3) is 3.73. The maximum atomic E-state index is 13.4. The van der Waals surface area contributed by atoms with Crippen LogP contribution in [0.3, 0.4) is 0 Å². The van der Waals surface area contributed by atoms with Crippen LogP contribution in [-0.4, -0.2) is 58.2 Å². The van der Waals surface area contributed by atoms with Crippen molar-refractivity contribution in [1.82, 2.24) is 4.90 Å². The molecule has 106 valence electrons. The molecule has 0 aliphatic carbocycles. The Bertz CT molecular complexity index is 403. The van der Waals surface area contributed by atoms with E-state index in [1.807, 2.05) is 11.0 Å². The first-order valence-corrected chi connectivity index (χ1v) is 6.58. The van der Waals surface area contributed by atoms with Crippen molar-refractivity contribution in [2.45, 2.75) is 31.2 Å². The Hall–Kier alpha value is -1.01. The topological polar surface area (TPSA) is 63.9 Å². The molecular formula is C14H20FNO3. The van der Waals surface area contributed by atoms with Crippen LogP contribution < -0.4 is 0 Å². The molecule has 19 heavy (non-hydrogen) atoms. The molecule has 1 unspecified atom stereocenters. The van der Waals surface area contributed by atoms with Gasteiger partial charge in [0.2, 0.25) is 0 Å². The lowest BCUT2D eigenvalue weighted by Crippen LogP contribution is -2.55. The Morgan fingerprint density at radius 3 is 2.37 bits per heavy atom. The molecule has 0 aromatic heterocycles. The van der Waals surface area contributed by atoms with Crippen LogP contribution in [0.1, 0.15) is 12.0 Å². The van der Waals surface area contributed by atoms with Crippen LogP contribution in [0, 0.1) is 5.82 Å². The summed E-state index contributed by atoms with van der Waals surface area (Å²) in [6.45, 7) is 1.35. The summed E-state index contributed by atoms with van der Waals surface area (Å²) in [5.41, 5.74) is 0.681. The molecule has 1 heterocycles. The van der Waals surface area contributed by atoms with Gasteiger partial charge in [0.15, 0.2) is 0 Å². The van der Waals surface area contributed by atoms with Gasteiger partial charge in [0, 0.05) is 13.1 Å². The molecule has 1 saturated heterocycles. The fraction of sp³-hybridized carbons (Fsp3) is 0.571. The number of halogens is 1. The van der Waals surface area contributed by atoms with Crippen molar-refractivity contribution in [2.24, 2.45) is 0 Å². The fourth-order valence-electron chi connectivity index (χ4n) is 2.45. The monoisotopic (exact) mass is 269 g/mol. The van der Waals surface area contributed by atoms with Crippen molar-refractivity contribution in [3.05, 3.63) is 35.6 Å². The van der Waals surface area contributed by atoms with Gasteiger partial charge in [0.25, 0.3) is 0 Å². The zero-order valence-electron chi connectivity index (χ0n) is 10.7. The molecule has 1 aromatic rings. The molecule has 3 atom stereocenters. The molecule has 4 nitrogen and oxygen atoms in total. The SMILES string of the molecule is OC1[C@H](O)CN(CCCc2ccccc2F)C[C@@H]1O. The summed E-state index contributed by atoms with van der Waals surface area (Å²) in [7, 11) is 0. The van der Waals surface area contributed by atoms with E-state index in [0.717, 1.165) is 6.42 Å². The zero-order valence-corrected chi connectivity index (χ0v) is 10.7. The fourth-order valence-corrected chi connectivity index (χ4v) is 2.45. The average molecular weight is 269 g/mol. The summed E-state index contributed by atoms with van der Waals surface area (Å²) < 4.78 is 13.4. The number of aryl methyl sites for hydroxylation is 1. The van der Waals surface area contributed by atoms with Gasteiger partial charge in [-0.05, 0) is 31.0 Å². The lowest BCUT2D eigenvalue weighted by Gasteiger charge is -2.36. The number of rotatable bonds is 4. The van der Waals surface area contributed by atoms with E-state index in [0.29, 0.717) is 31.6 Å². The van der Waals surface area contributed by atoms with Gasteiger partial charge in [-0.2, -0.15) is 0 Å². The second kappa shape index (κ2) is 6.43. The number of piperidine rings is 1. The van der Waals surface area contributed by atoms with Crippen LogP contribution in [0.4, 0.5) is 4.39 Å². The number of likely N-dealkylation sites (tertiary alicyclic amines) is 1. The first-order valence-electron chi connectivity index (χ1n) is 6.58. The molecule has 1 aliphatic heterocycles. The highest BCUT2D eigenvalue weighted by molar-refractivity contribution is 5.17. The molecule has 5 heteroatoms. The quantitative estimate of drug-likeness (QED) is 0.728. The molecule has 3 N–H and O–H groups in total. The van der Waals surface area contributed by atoms with E-state index in [1.54, 1.807) is 12.1 Å². The Morgan fingerprint density at radius 2 is 1.74 bits per heavy atom. The second-order valence-electron chi connectivity index (χ2n) is 5.08. The molecule has 2 rings (SSSR count). The number of benzene rings is 1. The van der Waals surface area contributed by atoms with Crippen molar-refractivity contribution >= 4 is 0 Å². The highest BCUT2D eigenvalue weighted by Crippen LogP contribution is 2.14. The van der Waals surface area contributed by atoms with E-state index >= 15 is 0 Å². The normalized spacial score (nSPS) is 28.5. The lowest BCUT2D eigenvalue weighted by atomic mass is 10.0. The van der Waals surface area contributed by atoms with Gasteiger partial charge in [-0.3, -0.25) is 4.90 Å². The maximum absolute atomic E-state index is 13.4. The number of hydrogen-bond donors (Lipinski definition) is 3. The van der Waals surface area contributed by atoms with Crippen LogP contribution in [0.25, 0.3) is 0 Å². The Balaban J connectivity index is 1.79. The number of aliphatic hydroxyl groups is 3. The van der Waals surface area contributed by atoms with E-state index in [2.05, 4.69) is 0 Å². The minimum atomic E-state index is -1.07. The van der Waals surface area contributed by atoms with Crippen LogP contribution in [0.2, 0.25) is 0 Å². The summed E-state index contributed by atoms with van der Waals surface area (Å²) in [5.74, 6) is -0.198. The average Bonchev–Trinajstić information content (AvgIpc) is 2.38. The minimum Gasteiger partial charge on any atom is -0.389 e. The molecule has 0 bridgehead atoms. The molecular weight excluding hydrogens is 249 g/mol. The highest BCUT2D eigenvalue weighted by Gasteiger charge is 2.32. The Kier molecular flexibility index (Phi) is 4.87.